The van der Waals surface area contributed by atoms with Gasteiger partial charge in [-0.15, -0.1) is 0 Å². The van der Waals surface area contributed by atoms with Gasteiger partial charge in [-0.25, -0.2) is 4.79 Å². The number of azide groups is 1. The maximum atomic E-state index is 12.1. The van der Waals surface area contributed by atoms with Crippen molar-refractivity contribution in [3.8, 4) is 0 Å². The maximum Gasteiger partial charge on any atom is 0.315 e. The number of urea groups is 1. The summed E-state index contributed by atoms with van der Waals surface area (Å²) < 4.78 is 0. The Morgan fingerprint density at radius 2 is 2.05 bits per heavy atom. The van der Waals surface area contributed by atoms with Crippen LogP contribution in [-0.4, -0.2) is 78.1 Å². The van der Waals surface area contributed by atoms with Crippen LogP contribution in [0.2, 0.25) is 0 Å². The lowest BCUT2D eigenvalue weighted by Crippen LogP contribution is -2.36. The molecule has 1 aromatic carbocycles. The van der Waals surface area contributed by atoms with Crippen molar-refractivity contribution in [1.82, 2.24) is 20.9 Å². The lowest BCUT2D eigenvalue weighted by Gasteiger charge is -2.17. The quantitative estimate of drug-likeness (QED) is 0.0477. The van der Waals surface area contributed by atoms with Crippen LogP contribution < -0.4 is 21.3 Å². The molecule has 13 nitrogen and oxygen atoms in total. The standard InChI is InChI=1S/C23H35N9O4S/c1-31(12-4-10-25-17-9-8-16(29-30-24)14-19(17)32(35)36)13-5-11-26-21(33)7-3-2-6-20-22-18(15-37-20)27-23(34)28-22/h8-9,14,18,20,22,25H,2-7,10-13,15H2,1H3,(H,26,33)(H2,27,28,34)/t18-,20?,22-/m0/s1. The van der Waals surface area contributed by atoms with E-state index in [0.717, 1.165) is 50.9 Å². The molecule has 0 aliphatic carbocycles. The molecule has 14 heteroatoms. The molecule has 2 saturated heterocycles. The lowest BCUT2D eigenvalue weighted by molar-refractivity contribution is -0.383. The van der Waals surface area contributed by atoms with Gasteiger partial charge < -0.3 is 26.2 Å². The Labute approximate surface area is 220 Å². The number of rotatable bonds is 16. The number of nitro benzene ring substituents is 1. The highest BCUT2D eigenvalue weighted by atomic mass is 32.2. The third-order valence-electron chi connectivity index (χ3n) is 6.49. The summed E-state index contributed by atoms with van der Waals surface area (Å²) >= 11 is 1.90. The van der Waals surface area contributed by atoms with Crippen LogP contribution in [0.3, 0.4) is 0 Å². The van der Waals surface area contributed by atoms with Crippen molar-refractivity contribution in [2.75, 3.05) is 44.3 Å². The van der Waals surface area contributed by atoms with Crippen molar-refractivity contribution in [2.45, 2.75) is 55.9 Å². The average Bonchev–Trinajstić information content (AvgIpc) is 3.42. The van der Waals surface area contributed by atoms with Gasteiger partial charge in [0.1, 0.15) is 5.69 Å². The van der Waals surface area contributed by atoms with Crippen molar-refractivity contribution >= 4 is 40.8 Å². The van der Waals surface area contributed by atoms with Gasteiger partial charge in [0, 0.05) is 47.2 Å². The molecule has 2 heterocycles. The predicted octanol–water partition coefficient (Wildman–Crippen LogP) is 3.50. The van der Waals surface area contributed by atoms with Crippen molar-refractivity contribution in [1.29, 1.82) is 0 Å². The van der Waals surface area contributed by atoms with Crippen LogP contribution in [0, 0.1) is 10.1 Å². The summed E-state index contributed by atoms with van der Waals surface area (Å²) in [6, 6.07) is 4.72. The van der Waals surface area contributed by atoms with Crippen LogP contribution in [0.15, 0.2) is 23.3 Å². The summed E-state index contributed by atoms with van der Waals surface area (Å²) in [6.45, 7) is 2.84. The largest absolute Gasteiger partial charge is 0.379 e. The molecule has 3 amide bonds. The molecule has 3 rings (SSSR count). The van der Waals surface area contributed by atoms with E-state index in [-0.39, 0.29) is 35.4 Å². The molecule has 37 heavy (non-hydrogen) atoms. The van der Waals surface area contributed by atoms with Crippen LogP contribution in [0.1, 0.15) is 38.5 Å². The average molecular weight is 534 g/mol. The summed E-state index contributed by atoms with van der Waals surface area (Å²) in [5, 5.41) is 27.1. The van der Waals surface area contributed by atoms with Gasteiger partial charge in [-0.05, 0) is 57.4 Å². The summed E-state index contributed by atoms with van der Waals surface area (Å²) in [5.74, 6) is 1.03. The summed E-state index contributed by atoms with van der Waals surface area (Å²) in [6.07, 6.45) is 4.99. The third-order valence-corrected chi connectivity index (χ3v) is 8.00. The number of carbonyl (C=O) groups excluding carboxylic acids is 2. The minimum atomic E-state index is -0.503. The van der Waals surface area contributed by atoms with E-state index in [0.29, 0.717) is 30.4 Å². The first-order valence-corrected chi connectivity index (χ1v) is 13.6. The molecule has 0 bridgehead atoms. The van der Waals surface area contributed by atoms with Crippen molar-refractivity contribution in [3.05, 3.63) is 38.8 Å². The van der Waals surface area contributed by atoms with Crippen molar-refractivity contribution in [2.24, 2.45) is 5.11 Å². The highest BCUT2D eigenvalue weighted by Crippen LogP contribution is 2.33. The first kappa shape index (κ1) is 28.4. The topological polar surface area (TPSA) is 177 Å². The Balaban J connectivity index is 1.20. The first-order chi connectivity index (χ1) is 17.9. The summed E-state index contributed by atoms with van der Waals surface area (Å²) in [4.78, 5) is 39.1. The number of carbonyl (C=O) groups is 2. The fourth-order valence-corrected chi connectivity index (χ4v) is 6.10. The normalized spacial score (nSPS) is 20.1. The van der Waals surface area contributed by atoms with Crippen molar-refractivity contribution < 1.29 is 14.5 Å². The molecular formula is C23H35N9O4S. The first-order valence-electron chi connectivity index (χ1n) is 12.6. The number of nitrogens with zero attached hydrogens (tertiary/aromatic N) is 5. The number of hydrogen-bond acceptors (Lipinski definition) is 8. The number of anilines is 1. The van der Waals surface area contributed by atoms with E-state index in [4.69, 9.17) is 5.53 Å². The Morgan fingerprint density at radius 1 is 1.27 bits per heavy atom. The van der Waals surface area contributed by atoms with Crippen LogP contribution in [-0.2, 0) is 4.79 Å². The van der Waals surface area contributed by atoms with Crippen LogP contribution in [0.5, 0.6) is 0 Å². The molecule has 3 atom stereocenters. The van der Waals surface area contributed by atoms with Crippen molar-refractivity contribution in [3.63, 3.8) is 0 Å². The van der Waals surface area contributed by atoms with Crippen LogP contribution >= 0.6 is 11.8 Å². The number of nitrogens with one attached hydrogen (secondary N) is 4. The molecule has 0 radical (unpaired) electrons. The molecule has 1 unspecified atom stereocenters. The van der Waals surface area contributed by atoms with Gasteiger partial charge in [0.25, 0.3) is 5.69 Å². The summed E-state index contributed by atoms with van der Waals surface area (Å²) in [5.41, 5.74) is 8.95. The Kier molecular flexibility index (Phi) is 11.1. The number of unbranched alkanes of at least 4 members (excludes halogenated alkanes) is 1. The third kappa shape index (κ3) is 8.99. The summed E-state index contributed by atoms with van der Waals surface area (Å²) in [7, 11) is 2.01. The molecule has 202 valence electrons. The van der Waals surface area contributed by atoms with E-state index >= 15 is 0 Å². The second-order valence-corrected chi connectivity index (χ2v) is 10.6. The van der Waals surface area contributed by atoms with E-state index in [2.05, 4.69) is 36.2 Å². The minimum Gasteiger partial charge on any atom is -0.379 e. The predicted molar refractivity (Wildman–Crippen MR) is 144 cm³/mol. The minimum absolute atomic E-state index is 0.0662. The van der Waals surface area contributed by atoms with Gasteiger partial charge in [-0.1, -0.05) is 17.6 Å². The SMILES string of the molecule is CN(CCCNC(=O)CCCCC1SC[C@@H]2NC(=O)N[C@H]12)CCCNc1ccc(N=[N+]=[N-])cc1[N+](=O)[O-]. The van der Waals surface area contributed by atoms with Crippen LogP contribution in [0.4, 0.5) is 21.9 Å². The highest BCUT2D eigenvalue weighted by molar-refractivity contribution is 8.00. The number of benzene rings is 1. The molecule has 2 aliphatic heterocycles. The van der Waals surface area contributed by atoms with Gasteiger partial charge in [-0.3, -0.25) is 14.9 Å². The number of fused-ring (bicyclic) bond motifs is 1. The molecular weight excluding hydrogens is 498 g/mol. The molecule has 4 N–H and O–H groups in total. The fraction of sp³-hybridized carbons (Fsp3) is 0.652. The Morgan fingerprint density at radius 3 is 2.81 bits per heavy atom. The van der Waals surface area contributed by atoms with Crippen LogP contribution in [0.25, 0.3) is 10.4 Å². The van der Waals surface area contributed by atoms with Gasteiger partial charge in [0.05, 0.1) is 17.0 Å². The van der Waals surface area contributed by atoms with Gasteiger partial charge in [0.2, 0.25) is 5.91 Å². The van der Waals surface area contributed by atoms with E-state index < -0.39 is 4.92 Å². The molecule has 1 aromatic rings. The number of hydrogen-bond donors (Lipinski definition) is 4. The maximum absolute atomic E-state index is 12.1. The second-order valence-electron chi connectivity index (χ2n) is 9.30. The van der Waals surface area contributed by atoms with Gasteiger partial charge in [0.15, 0.2) is 0 Å². The van der Waals surface area contributed by atoms with E-state index in [9.17, 15) is 19.7 Å². The molecule has 2 fully saturated rings. The molecule has 0 spiro atoms. The van der Waals surface area contributed by atoms with Gasteiger partial charge >= 0.3 is 6.03 Å². The second kappa shape index (κ2) is 14.5. The molecule has 2 aliphatic rings. The smallest absolute Gasteiger partial charge is 0.315 e. The zero-order valence-electron chi connectivity index (χ0n) is 21.0. The Bertz CT molecular complexity index is 1000. The molecule has 0 saturated carbocycles. The lowest BCUT2D eigenvalue weighted by atomic mass is 10.0. The van der Waals surface area contributed by atoms with E-state index in [1.54, 1.807) is 6.07 Å². The molecule has 0 aromatic heterocycles. The number of amides is 3. The van der Waals surface area contributed by atoms with Gasteiger partial charge in [-0.2, -0.15) is 11.8 Å². The highest BCUT2D eigenvalue weighted by Gasteiger charge is 2.42. The zero-order valence-corrected chi connectivity index (χ0v) is 21.8. The van der Waals surface area contributed by atoms with E-state index in [1.165, 1.54) is 12.1 Å². The monoisotopic (exact) mass is 533 g/mol. The van der Waals surface area contributed by atoms with E-state index in [1.807, 2.05) is 18.8 Å². The Hall–Kier alpha value is -3.22. The number of nitro groups is 1. The number of thioether (sulfide) groups is 1. The fourth-order valence-electron chi connectivity index (χ4n) is 4.56. The zero-order chi connectivity index (χ0) is 26.6.